The Balaban J connectivity index is 1.86. The maximum absolute atomic E-state index is 6.13. The van der Waals surface area contributed by atoms with E-state index in [4.69, 9.17) is 10.7 Å². The highest BCUT2D eigenvalue weighted by molar-refractivity contribution is 5.83. The Hall–Kier alpha value is -2.49. The molecule has 21 heavy (non-hydrogen) atoms. The van der Waals surface area contributed by atoms with E-state index < -0.39 is 0 Å². The van der Waals surface area contributed by atoms with Crippen LogP contribution in [0.4, 0.5) is 5.82 Å². The topological polar surface area (TPSA) is 64.7 Å². The molecule has 2 aromatic heterocycles. The first-order valence-electron chi connectivity index (χ1n) is 7.32. The third-order valence-corrected chi connectivity index (χ3v) is 4.08. The van der Waals surface area contributed by atoms with Gasteiger partial charge in [-0.25, -0.2) is 9.97 Å². The van der Waals surface area contributed by atoms with E-state index in [2.05, 4.69) is 16.0 Å². The zero-order valence-corrected chi connectivity index (χ0v) is 11.7. The summed E-state index contributed by atoms with van der Waals surface area (Å²) in [6.45, 7) is 0. The van der Waals surface area contributed by atoms with Crippen molar-refractivity contribution in [2.24, 2.45) is 0 Å². The van der Waals surface area contributed by atoms with Gasteiger partial charge in [0, 0.05) is 28.4 Å². The highest BCUT2D eigenvalue weighted by atomic mass is 15.0. The normalized spacial score (nSPS) is 14.1. The molecule has 1 aliphatic rings. The minimum absolute atomic E-state index is 0.640. The van der Waals surface area contributed by atoms with Crippen LogP contribution < -0.4 is 5.73 Å². The lowest BCUT2D eigenvalue weighted by molar-refractivity contribution is 0.666. The number of fused-ring (bicyclic) bond motifs is 2. The summed E-state index contributed by atoms with van der Waals surface area (Å²) < 4.78 is 0. The van der Waals surface area contributed by atoms with E-state index >= 15 is 0 Å². The van der Waals surface area contributed by atoms with Crippen LogP contribution in [-0.2, 0) is 12.8 Å². The number of aromatic nitrogens is 3. The maximum atomic E-state index is 6.13. The van der Waals surface area contributed by atoms with E-state index in [-0.39, 0.29) is 0 Å². The van der Waals surface area contributed by atoms with Crippen molar-refractivity contribution in [2.45, 2.75) is 25.7 Å². The molecule has 0 bridgehead atoms. The predicted octanol–water partition coefficient (Wildman–Crippen LogP) is 3.15. The average molecular weight is 276 g/mol. The summed E-state index contributed by atoms with van der Waals surface area (Å²) in [5, 5.41) is 1.09. The molecule has 0 amide bonds. The quantitative estimate of drug-likeness (QED) is 0.741. The van der Waals surface area contributed by atoms with E-state index in [0.717, 1.165) is 46.4 Å². The van der Waals surface area contributed by atoms with Crippen LogP contribution in [0.5, 0.6) is 0 Å². The van der Waals surface area contributed by atoms with Crippen LogP contribution >= 0.6 is 0 Å². The molecule has 0 spiro atoms. The van der Waals surface area contributed by atoms with E-state index in [1.807, 2.05) is 24.3 Å². The molecule has 0 atom stereocenters. The summed E-state index contributed by atoms with van der Waals surface area (Å²) in [7, 11) is 0. The van der Waals surface area contributed by atoms with Gasteiger partial charge in [0.25, 0.3) is 0 Å². The molecule has 4 heteroatoms. The van der Waals surface area contributed by atoms with Crippen LogP contribution in [-0.4, -0.2) is 15.0 Å². The second-order valence-corrected chi connectivity index (χ2v) is 5.48. The van der Waals surface area contributed by atoms with Crippen molar-refractivity contribution in [3.8, 4) is 11.4 Å². The van der Waals surface area contributed by atoms with Gasteiger partial charge >= 0.3 is 0 Å². The van der Waals surface area contributed by atoms with Gasteiger partial charge in [0.15, 0.2) is 5.82 Å². The number of nitrogens with two attached hydrogens (primary N) is 1. The monoisotopic (exact) mass is 276 g/mol. The predicted molar refractivity (Wildman–Crippen MR) is 83.8 cm³/mol. The molecule has 4 nitrogen and oxygen atoms in total. The summed E-state index contributed by atoms with van der Waals surface area (Å²) in [6.07, 6.45) is 6.18. The van der Waals surface area contributed by atoms with Gasteiger partial charge in [-0.15, -0.1) is 0 Å². The van der Waals surface area contributed by atoms with E-state index in [9.17, 15) is 0 Å². The first-order chi connectivity index (χ1) is 10.3. The largest absolute Gasteiger partial charge is 0.383 e. The lowest BCUT2D eigenvalue weighted by atomic mass is 9.96. The Morgan fingerprint density at radius 1 is 1.00 bits per heavy atom. The molecule has 3 aromatic rings. The van der Waals surface area contributed by atoms with Gasteiger partial charge in [-0.05, 0) is 49.9 Å². The van der Waals surface area contributed by atoms with E-state index in [1.165, 1.54) is 12.8 Å². The Bertz CT molecular complexity index is 826. The van der Waals surface area contributed by atoms with Crippen molar-refractivity contribution in [1.82, 2.24) is 15.0 Å². The van der Waals surface area contributed by atoms with Gasteiger partial charge in [0.05, 0.1) is 5.52 Å². The van der Waals surface area contributed by atoms with Crippen molar-refractivity contribution >= 4 is 16.7 Å². The first-order valence-corrected chi connectivity index (χ1v) is 7.32. The standard InChI is InChI=1S/C17H16N4/c18-16-13-5-1-2-6-15(13)20-17(21-16)12-7-8-14-11(10-12)4-3-9-19-14/h3-4,7-10H,1-2,5-6H2,(H2,18,20,21). The van der Waals surface area contributed by atoms with Crippen LogP contribution in [0, 0.1) is 0 Å². The van der Waals surface area contributed by atoms with Gasteiger partial charge in [-0.2, -0.15) is 0 Å². The van der Waals surface area contributed by atoms with Crippen molar-refractivity contribution in [3.63, 3.8) is 0 Å². The van der Waals surface area contributed by atoms with Gasteiger partial charge in [0.1, 0.15) is 5.82 Å². The van der Waals surface area contributed by atoms with Crippen LogP contribution in [0.1, 0.15) is 24.1 Å². The van der Waals surface area contributed by atoms with Crippen molar-refractivity contribution < 1.29 is 0 Å². The van der Waals surface area contributed by atoms with Crippen LogP contribution in [0.15, 0.2) is 36.5 Å². The lowest BCUT2D eigenvalue weighted by Crippen LogP contribution is -2.11. The molecule has 2 N–H and O–H groups in total. The Morgan fingerprint density at radius 2 is 1.90 bits per heavy atom. The number of aryl methyl sites for hydroxylation is 1. The van der Waals surface area contributed by atoms with Gasteiger partial charge in [0.2, 0.25) is 0 Å². The van der Waals surface area contributed by atoms with Crippen LogP contribution in [0.3, 0.4) is 0 Å². The fourth-order valence-corrected chi connectivity index (χ4v) is 2.97. The second kappa shape index (κ2) is 4.81. The molecular formula is C17H16N4. The minimum atomic E-state index is 0.640. The highest BCUT2D eigenvalue weighted by Gasteiger charge is 2.16. The Labute approximate surface area is 123 Å². The Morgan fingerprint density at radius 3 is 2.86 bits per heavy atom. The number of nitrogen functional groups attached to an aromatic ring is 1. The SMILES string of the molecule is Nc1nc(-c2ccc3ncccc3c2)nc2c1CCCC2. The fourth-order valence-electron chi connectivity index (χ4n) is 2.97. The first kappa shape index (κ1) is 12.3. The van der Waals surface area contributed by atoms with E-state index in [1.54, 1.807) is 6.20 Å². The summed E-state index contributed by atoms with van der Waals surface area (Å²) in [6, 6.07) is 10.1. The van der Waals surface area contributed by atoms with Gasteiger partial charge in [-0.3, -0.25) is 4.98 Å². The number of benzene rings is 1. The third kappa shape index (κ3) is 2.13. The number of rotatable bonds is 1. The second-order valence-electron chi connectivity index (χ2n) is 5.48. The smallest absolute Gasteiger partial charge is 0.161 e. The van der Waals surface area contributed by atoms with Crippen molar-refractivity contribution in [2.75, 3.05) is 5.73 Å². The molecule has 4 rings (SSSR count). The van der Waals surface area contributed by atoms with Gasteiger partial charge < -0.3 is 5.73 Å². The summed E-state index contributed by atoms with van der Waals surface area (Å²) in [4.78, 5) is 13.6. The highest BCUT2D eigenvalue weighted by Crippen LogP contribution is 2.27. The maximum Gasteiger partial charge on any atom is 0.161 e. The molecule has 0 radical (unpaired) electrons. The summed E-state index contributed by atoms with van der Waals surface area (Å²) in [5.74, 6) is 1.36. The summed E-state index contributed by atoms with van der Waals surface area (Å²) in [5.41, 5.74) is 10.4. The number of nitrogens with zero attached hydrogens (tertiary/aromatic N) is 3. The zero-order chi connectivity index (χ0) is 14.2. The molecule has 0 fully saturated rings. The zero-order valence-electron chi connectivity index (χ0n) is 11.7. The molecule has 2 heterocycles. The molecule has 0 saturated heterocycles. The Kier molecular flexibility index (Phi) is 2.81. The fraction of sp³-hybridized carbons (Fsp3) is 0.235. The number of anilines is 1. The van der Waals surface area contributed by atoms with Crippen molar-refractivity contribution in [1.29, 1.82) is 0 Å². The summed E-state index contributed by atoms with van der Waals surface area (Å²) >= 11 is 0. The van der Waals surface area contributed by atoms with Crippen molar-refractivity contribution in [3.05, 3.63) is 47.8 Å². The van der Waals surface area contributed by atoms with Crippen LogP contribution in [0.2, 0.25) is 0 Å². The molecule has 1 aromatic carbocycles. The van der Waals surface area contributed by atoms with Crippen LogP contribution in [0.25, 0.3) is 22.3 Å². The molecular weight excluding hydrogens is 260 g/mol. The number of hydrogen-bond acceptors (Lipinski definition) is 4. The third-order valence-electron chi connectivity index (χ3n) is 4.08. The minimum Gasteiger partial charge on any atom is -0.383 e. The number of hydrogen-bond donors (Lipinski definition) is 1. The molecule has 0 saturated carbocycles. The molecule has 1 aliphatic carbocycles. The lowest BCUT2D eigenvalue weighted by Gasteiger charge is -2.17. The average Bonchev–Trinajstić information content (AvgIpc) is 2.54. The molecule has 104 valence electrons. The number of pyridine rings is 1. The molecule has 0 unspecified atom stereocenters. The van der Waals surface area contributed by atoms with Gasteiger partial charge in [-0.1, -0.05) is 6.07 Å². The molecule has 0 aliphatic heterocycles. The van der Waals surface area contributed by atoms with E-state index in [0.29, 0.717) is 5.82 Å².